The summed E-state index contributed by atoms with van der Waals surface area (Å²) in [6.45, 7) is 0.238. The molecule has 2 aromatic heterocycles. The number of hydrogen-bond acceptors (Lipinski definition) is 2. The quantitative estimate of drug-likeness (QED) is 0.661. The number of pyridine rings is 1. The van der Waals surface area contributed by atoms with E-state index in [9.17, 15) is 4.39 Å². The minimum Gasteiger partial charge on any atom is -0.319 e. The summed E-state index contributed by atoms with van der Waals surface area (Å²) in [5.41, 5.74) is 0.642. The molecule has 0 aromatic carbocycles. The summed E-state index contributed by atoms with van der Waals surface area (Å²) in [4.78, 5) is 3.90. The van der Waals surface area contributed by atoms with E-state index in [-0.39, 0.29) is 12.4 Å². The molecule has 0 saturated carbocycles. The molecule has 13 heavy (non-hydrogen) atoms. The lowest BCUT2D eigenvalue weighted by Gasteiger charge is -1.96. The molecular weight excluding hydrogens is 169 g/mol. The van der Waals surface area contributed by atoms with Crippen LogP contribution in [0.3, 0.4) is 0 Å². The lowest BCUT2D eigenvalue weighted by Crippen LogP contribution is -1.94. The summed E-state index contributed by atoms with van der Waals surface area (Å²) in [5, 5.41) is 9.20. The van der Waals surface area contributed by atoms with Gasteiger partial charge in [-0.3, -0.25) is 0 Å². The van der Waals surface area contributed by atoms with Crippen molar-refractivity contribution < 1.29 is 4.39 Å². The van der Waals surface area contributed by atoms with Crippen molar-refractivity contribution in [1.82, 2.24) is 9.55 Å². The van der Waals surface area contributed by atoms with Crippen LogP contribution in [0.5, 0.6) is 0 Å². The van der Waals surface area contributed by atoms with Crippen molar-refractivity contribution in [2.24, 2.45) is 0 Å². The number of aromatic nitrogens is 2. The molecule has 0 fully saturated rings. The molecule has 0 atom stereocenters. The number of hydrogen-bond donors (Lipinski definition) is 0. The van der Waals surface area contributed by atoms with Crippen LogP contribution in [0.25, 0.3) is 11.0 Å². The molecule has 64 valence electrons. The Morgan fingerprint density at radius 2 is 2.46 bits per heavy atom. The van der Waals surface area contributed by atoms with Crippen molar-refractivity contribution in [3.05, 3.63) is 30.3 Å². The maximum absolute atomic E-state index is 12.7. The van der Waals surface area contributed by atoms with Crippen LogP contribution >= 0.6 is 0 Å². The molecule has 0 spiro atoms. The number of nitrogens with zero attached hydrogens (tertiary/aromatic N) is 3. The molecule has 0 unspecified atom stereocenters. The molecular formula is C9H6FN3. The first-order valence-electron chi connectivity index (χ1n) is 3.78. The summed E-state index contributed by atoms with van der Waals surface area (Å²) in [7, 11) is 0. The van der Waals surface area contributed by atoms with E-state index >= 15 is 0 Å². The van der Waals surface area contributed by atoms with Gasteiger partial charge < -0.3 is 4.57 Å². The molecule has 0 saturated heterocycles. The highest BCUT2D eigenvalue weighted by molar-refractivity contribution is 5.75. The van der Waals surface area contributed by atoms with E-state index in [0.717, 1.165) is 11.6 Å². The van der Waals surface area contributed by atoms with E-state index < -0.39 is 0 Å². The molecule has 0 N–H and O–H groups in total. The maximum atomic E-state index is 12.7. The van der Waals surface area contributed by atoms with Gasteiger partial charge in [0.05, 0.1) is 12.3 Å². The third-order valence-corrected chi connectivity index (χ3v) is 1.81. The van der Waals surface area contributed by atoms with Gasteiger partial charge in [-0.1, -0.05) is 0 Å². The lowest BCUT2D eigenvalue weighted by molar-refractivity contribution is 0.623. The van der Waals surface area contributed by atoms with Crippen molar-refractivity contribution in [3.8, 4) is 6.07 Å². The smallest absolute Gasteiger partial charge is 0.142 e. The Morgan fingerprint density at radius 3 is 3.23 bits per heavy atom. The number of fused-ring (bicyclic) bond motifs is 1. The third-order valence-electron chi connectivity index (χ3n) is 1.81. The Bertz CT molecular complexity index is 481. The highest BCUT2D eigenvalue weighted by atomic mass is 19.1. The Balaban J connectivity index is 2.63. The molecule has 4 heteroatoms. The van der Waals surface area contributed by atoms with E-state index in [1.807, 2.05) is 6.07 Å². The molecule has 0 bridgehead atoms. The van der Waals surface area contributed by atoms with Crippen LogP contribution < -0.4 is 0 Å². The summed E-state index contributed by atoms with van der Waals surface area (Å²) >= 11 is 0. The maximum Gasteiger partial charge on any atom is 0.142 e. The molecule has 2 heterocycles. The number of halogens is 1. The van der Waals surface area contributed by atoms with Gasteiger partial charge in [0.15, 0.2) is 0 Å². The fourth-order valence-corrected chi connectivity index (χ4v) is 1.25. The minimum atomic E-state index is -0.359. The van der Waals surface area contributed by atoms with Crippen LogP contribution in [-0.2, 0) is 6.54 Å². The van der Waals surface area contributed by atoms with Gasteiger partial charge in [0.1, 0.15) is 18.0 Å². The van der Waals surface area contributed by atoms with E-state index in [4.69, 9.17) is 5.26 Å². The molecule has 0 radical (unpaired) electrons. The number of nitriles is 1. The van der Waals surface area contributed by atoms with Gasteiger partial charge in [-0.15, -0.1) is 0 Å². The zero-order chi connectivity index (χ0) is 9.26. The van der Waals surface area contributed by atoms with Crippen molar-refractivity contribution in [2.75, 3.05) is 0 Å². The summed E-state index contributed by atoms with van der Waals surface area (Å²) in [5.74, 6) is -0.359. The average Bonchev–Trinajstić information content (AvgIpc) is 2.49. The molecule has 0 aliphatic heterocycles. The van der Waals surface area contributed by atoms with Crippen LogP contribution in [-0.4, -0.2) is 9.55 Å². The Kier molecular flexibility index (Phi) is 1.71. The largest absolute Gasteiger partial charge is 0.319 e. The van der Waals surface area contributed by atoms with E-state index in [0.29, 0.717) is 5.65 Å². The molecule has 0 aliphatic rings. The second-order valence-electron chi connectivity index (χ2n) is 2.67. The average molecular weight is 175 g/mol. The van der Waals surface area contributed by atoms with Crippen molar-refractivity contribution in [2.45, 2.75) is 6.54 Å². The van der Waals surface area contributed by atoms with Crippen molar-refractivity contribution in [3.63, 3.8) is 0 Å². The lowest BCUT2D eigenvalue weighted by atomic mass is 10.3. The van der Waals surface area contributed by atoms with Gasteiger partial charge in [0.25, 0.3) is 0 Å². The van der Waals surface area contributed by atoms with E-state index in [1.54, 1.807) is 16.8 Å². The first-order chi connectivity index (χ1) is 6.31. The first-order valence-corrected chi connectivity index (χ1v) is 3.78. The first kappa shape index (κ1) is 7.74. The fourth-order valence-electron chi connectivity index (χ4n) is 1.25. The van der Waals surface area contributed by atoms with Gasteiger partial charge in [-0.25, -0.2) is 9.37 Å². The van der Waals surface area contributed by atoms with Crippen molar-refractivity contribution >= 4 is 11.0 Å². The van der Waals surface area contributed by atoms with Gasteiger partial charge in [0.2, 0.25) is 0 Å². The van der Waals surface area contributed by atoms with Gasteiger partial charge in [0, 0.05) is 11.6 Å². The van der Waals surface area contributed by atoms with E-state index in [2.05, 4.69) is 4.98 Å². The second-order valence-corrected chi connectivity index (χ2v) is 2.67. The topological polar surface area (TPSA) is 41.6 Å². The zero-order valence-electron chi connectivity index (χ0n) is 6.74. The van der Waals surface area contributed by atoms with Crippen LogP contribution in [0, 0.1) is 17.1 Å². The van der Waals surface area contributed by atoms with Crippen LogP contribution in [0.2, 0.25) is 0 Å². The Morgan fingerprint density at radius 1 is 1.62 bits per heavy atom. The van der Waals surface area contributed by atoms with Gasteiger partial charge >= 0.3 is 0 Å². The predicted octanol–water partition coefficient (Wildman–Crippen LogP) is 1.70. The summed E-state index contributed by atoms with van der Waals surface area (Å²) < 4.78 is 14.4. The highest BCUT2D eigenvalue weighted by Gasteiger charge is 2.02. The number of rotatable bonds is 1. The summed E-state index contributed by atoms with van der Waals surface area (Å²) in [6, 6.07) is 5.14. The molecule has 2 rings (SSSR count). The van der Waals surface area contributed by atoms with Crippen molar-refractivity contribution in [1.29, 1.82) is 5.26 Å². The van der Waals surface area contributed by atoms with Gasteiger partial charge in [-0.2, -0.15) is 5.26 Å². The molecule has 2 aromatic rings. The standard InChI is InChI=1S/C9H6FN3/c10-8-5-7-1-3-13(4-2-11)9(7)12-6-8/h1,3,5-6H,4H2. The zero-order valence-corrected chi connectivity index (χ0v) is 6.74. The second kappa shape index (κ2) is 2.87. The highest BCUT2D eigenvalue weighted by Crippen LogP contribution is 2.13. The predicted molar refractivity (Wildman–Crippen MR) is 45.3 cm³/mol. The monoisotopic (exact) mass is 175 g/mol. The van der Waals surface area contributed by atoms with E-state index in [1.165, 1.54) is 6.07 Å². The Hall–Kier alpha value is -1.89. The van der Waals surface area contributed by atoms with Crippen LogP contribution in [0.4, 0.5) is 4.39 Å². The molecule has 3 nitrogen and oxygen atoms in total. The van der Waals surface area contributed by atoms with Crippen LogP contribution in [0.15, 0.2) is 24.5 Å². The fraction of sp³-hybridized carbons (Fsp3) is 0.111. The Labute approximate surface area is 74.0 Å². The van der Waals surface area contributed by atoms with Crippen LogP contribution in [0.1, 0.15) is 0 Å². The normalized spacial score (nSPS) is 10.2. The third kappa shape index (κ3) is 1.25. The minimum absolute atomic E-state index is 0.238. The van der Waals surface area contributed by atoms with Gasteiger partial charge in [-0.05, 0) is 12.1 Å². The molecule has 0 amide bonds. The SMILES string of the molecule is N#CCn1ccc2cc(F)cnc21. The molecule has 0 aliphatic carbocycles. The summed E-state index contributed by atoms with van der Waals surface area (Å²) in [6.07, 6.45) is 2.87.